The van der Waals surface area contributed by atoms with E-state index in [-0.39, 0.29) is 23.5 Å². The van der Waals surface area contributed by atoms with Crippen molar-refractivity contribution < 1.29 is 14.3 Å². The summed E-state index contributed by atoms with van der Waals surface area (Å²) in [5.74, 6) is 1.37. The van der Waals surface area contributed by atoms with Gasteiger partial charge in [0.15, 0.2) is 0 Å². The van der Waals surface area contributed by atoms with Crippen LogP contribution >= 0.6 is 0 Å². The van der Waals surface area contributed by atoms with E-state index in [0.29, 0.717) is 25.4 Å². The van der Waals surface area contributed by atoms with Crippen molar-refractivity contribution in [3.63, 3.8) is 0 Å². The third-order valence-electron chi connectivity index (χ3n) is 6.21. The van der Waals surface area contributed by atoms with Gasteiger partial charge in [-0.15, -0.1) is 0 Å². The topological polar surface area (TPSA) is 74.8 Å². The van der Waals surface area contributed by atoms with Gasteiger partial charge in [-0.05, 0) is 41.3 Å². The van der Waals surface area contributed by atoms with Crippen LogP contribution < -0.4 is 10.1 Å². The molecule has 2 saturated heterocycles. The Labute approximate surface area is 196 Å². The Morgan fingerprint density at radius 3 is 2.36 bits per heavy atom. The van der Waals surface area contributed by atoms with Crippen LogP contribution in [0, 0.1) is 5.41 Å². The quantitative estimate of drug-likeness (QED) is 0.727. The molecule has 176 valence electrons. The van der Waals surface area contributed by atoms with Crippen molar-refractivity contribution in [1.82, 2.24) is 14.8 Å². The molecule has 0 saturated carbocycles. The Hall–Kier alpha value is -3.09. The van der Waals surface area contributed by atoms with Crippen molar-refractivity contribution in [2.45, 2.75) is 52.1 Å². The number of amides is 3. The number of piperidine rings is 1. The Bertz CT molecular complexity index is 942. The number of pyridine rings is 1. The highest BCUT2D eigenvalue weighted by atomic mass is 16.5. The lowest BCUT2D eigenvalue weighted by Gasteiger charge is -2.39. The smallest absolute Gasteiger partial charge is 0.321 e. The van der Waals surface area contributed by atoms with E-state index >= 15 is 0 Å². The van der Waals surface area contributed by atoms with E-state index in [1.54, 1.807) is 11.1 Å². The minimum absolute atomic E-state index is 0.0122. The highest BCUT2D eigenvalue weighted by Crippen LogP contribution is 2.28. The third-order valence-corrected chi connectivity index (χ3v) is 6.21. The van der Waals surface area contributed by atoms with E-state index < -0.39 is 0 Å². The fourth-order valence-electron chi connectivity index (χ4n) is 4.27. The SMILES string of the molecule is CC(C)(C)CC(=O)N1CCC(Oc2ccc(NC(=O)N3CC(c4cccnc4)C3)cc2)CC1. The van der Waals surface area contributed by atoms with Crippen LogP contribution in [0.1, 0.15) is 51.5 Å². The molecule has 1 N–H and O–H groups in total. The molecule has 7 heteroatoms. The van der Waals surface area contributed by atoms with Gasteiger partial charge in [-0.1, -0.05) is 26.8 Å². The van der Waals surface area contributed by atoms with Crippen molar-refractivity contribution in [2.24, 2.45) is 5.41 Å². The number of rotatable bonds is 5. The summed E-state index contributed by atoms with van der Waals surface area (Å²) < 4.78 is 6.12. The molecule has 0 aliphatic carbocycles. The number of benzene rings is 1. The molecule has 1 aromatic carbocycles. The number of carbonyl (C=O) groups is 2. The lowest BCUT2D eigenvalue weighted by molar-refractivity contribution is -0.134. The van der Waals surface area contributed by atoms with Gasteiger partial charge < -0.3 is 19.9 Å². The number of nitrogens with one attached hydrogen (secondary N) is 1. The lowest BCUT2D eigenvalue weighted by Crippen LogP contribution is -2.50. The van der Waals surface area contributed by atoms with Crippen molar-refractivity contribution in [1.29, 1.82) is 0 Å². The first-order valence-electron chi connectivity index (χ1n) is 11.8. The number of hydrogen-bond acceptors (Lipinski definition) is 4. The molecule has 0 spiro atoms. The Kier molecular flexibility index (Phi) is 6.86. The molecule has 2 aromatic rings. The lowest BCUT2D eigenvalue weighted by atomic mass is 9.91. The van der Waals surface area contributed by atoms with Crippen LogP contribution in [0.25, 0.3) is 0 Å². The summed E-state index contributed by atoms with van der Waals surface area (Å²) in [6.07, 6.45) is 5.98. The normalized spacial score (nSPS) is 17.4. The first kappa shape index (κ1) is 23.1. The van der Waals surface area contributed by atoms with E-state index in [1.807, 2.05) is 41.4 Å². The van der Waals surface area contributed by atoms with Gasteiger partial charge in [-0.2, -0.15) is 0 Å². The zero-order chi connectivity index (χ0) is 23.4. The number of anilines is 1. The molecular weight excluding hydrogens is 416 g/mol. The van der Waals surface area contributed by atoms with Crippen LogP contribution in [-0.2, 0) is 4.79 Å². The Morgan fingerprint density at radius 2 is 1.76 bits per heavy atom. The predicted molar refractivity (Wildman–Crippen MR) is 128 cm³/mol. The molecule has 2 aliphatic heterocycles. The number of likely N-dealkylation sites (tertiary alicyclic amines) is 2. The molecule has 2 fully saturated rings. The summed E-state index contributed by atoms with van der Waals surface area (Å²) in [6, 6.07) is 11.4. The largest absolute Gasteiger partial charge is 0.490 e. The maximum atomic E-state index is 12.5. The third kappa shape index (κ3) is 6.24. The Balaban J connectivity index is 1.19. The van der Waals surface area contributed by atoms with Crippen LogP contribution in [0.15, 0.2) is 48.8 Å². The van der Waals surface area contributed by atoms with Crippen LogP contribution in [0.5, 0.6) is 5.75 Å². The van der Waals surface area contributed by atoms with Crippen LogP contribution in [0.2, 0.25) is 0 Å². The molecule has 0 radical (unpaired) electrons. The van der Waals surface area contributed by atoms with E-state index in [0.717, 1.165) is 37.4 Å². The maximum Gasteiger partial charge on any atom is 0.321 e. The summed E-state index contributed by atoms with van der Waals surface area (Å²) in [5, 5.41) is 2.96. The van der Waals surface area contributed by atoms with Gasteiger partial charge in [0.2, 0.25) is 5.91 Å². The molecule has 2 aliphatic rings. The molecule has 7 nitrogen and oxygen atoms in total. The van der Waals surface area contributed by atoms with Gasteiger partial charge in [-0.25, -0.2) is 4.79 Å². The van der Waals surface area contributed by atoms with E-state index in [4.69, 9.17) is 4.74 Å². The summed E-state index contributed by atoms with van der Waals surface area (Å²) >= 11 is 0. The van der Waals surface area contributed by atoms with E-state index in [9.17, 15) is 9.59 Å². The van der Waals surface area contributed by atoms with Crippen molar-refractivity contribution in [3.8, 4) is 5.75 Å². The first-order valence-corrected chi connectivity index (χ1v) is 11.8. The second kappa shape index (κ2) is 9.81. The first-order chi connectivity index (χ1) is 15.8. The number of ether oxygens (including phenoxy) is 1. The van der Waals surface area contributed by atoms with Gasteiger partial charge in [0, 0.05) is 69.4 Å². The highest BCUT2D eigenvalue weighted by molar-refractivity contribution is 5.90. The van der Waals surface area contributed by atoms with Gasteiger partial charge >= 0.3 is 6.03 Å². The second-order valence-electron chi connectivity index (χ2n) is 10.3. The monoisotopic (exact) mass is 450 g/mol. The van der Waals surface area contributed by atoms with E-state index in [1.165, 1.54) is 5.56 Å². The number of hydrogen-bond donors (Lipinski definition) is 1. The molecule has 0 bridgehead atoms. The fraction of sp³-hybridized carbons (Fsp3) is 0.500. The molecule has 1 aromatic heterocycles. The molecular formula is C26H34N4O3. The molecule has 33 heavy (non-hydrogen) atoms. The van der Waals surface area contributed by atoms with Crippen LogP contribution in [-0.4, -0.2) is 59.0 Å². The van der Waals surface area contributed by atoms with Gasteiger partial charge in [0.25, 0.3) is 0 Å². The minimum atomic E-state index is -0.0869. The number of nitrogens with zero attached hydrogens (tertiary/aromatic N) is 3. The maximum absolute atomic E-state index is 12.5. The molecule has 0 unspecified atom stereocenters. The Morgan fingerprint density at radius 1 is 1.06 bits per heavy atom. The standard InChI is InChI=1S/C26H34N4O3/c1-26(2,3)15-24(31)29-13-10-23(11-14-29)33-22-8-6-21(7-9-22)28-25(32)30-17-20(18-30)19-5-4-12-27-16-19/h4-9,12,16,20,23H,10-11,13-15,17-18H2,1-3H3,(H,28,32). The number of urea groups is 1. The zero-order valence-corrected chi connectivity index (χ0v) is 19.8. The molecule has 3 heterocycles. The summed E-state index contributed by atoms with van der Waals surface area (Å²) in [6.45, 7) is 9.17. The van der Waals surface area contributed by atoms with Crippen molar-refractivity contribution in [3.05, 3.63) is 54.4 Å². The highest BCUT2D eigenvalue weighted by Gasteiger charge is 2.32. The van der Waals surface area contributed by atoms with Gasteiger partial charge in [0.1, 0.15) is 11.9 Å². The van der Waals surface area contributed by atoms with Crippen molar-refractivity contribution in [2.75, 3.05) is 31.5 Å². The van der Waals surface area contributed by atoms with Crippen LogP contribution in [0.4, 0.5) is 10.5 Å². The van der Waals surface area contributed by atoms with Crippen LogP contribution in [0.3, 0.4) is 0 Å². The zero-order valence-electron chi connectivity index (χ0n) is 19.8. The van der Waals surface area contributed by atoms with Gasteiger partial charge in [0.05, 0.1) is 0 Å². The molecule has 0 atom stereocenters. The van der Waals surface area contributed by atoms with E-state index in [2.05, 4.69) is 37.1 Å². The summed E-state index contributed by atoms with van der Waals surface area (Å²) in [7, 11) is 0. The summed E-state index contributed by atoms with van der Waals surface area (Å²) in [4.78, 5) is 32.8. The molecule has 3 amide bonds. The number of aromatic nitrogens is 1. The molecule has 4 rings (SSSR count). The van der Waals surface area contributed by atoms with Gasteiger partial charge in [-0.3, -0.25) is 9.78 Å². The number of carbonyl (C=O) groups excluding carboxylic acids is 2. The predicted octanol–water partition coefficient (Wildman–Crippen LogP) is 4.52. The fourth-order valence-corrected chi connectivity index (χ4v) is 4.27. The van der Waals surface area contributed by atoms with Crippen molar-refractivity contribution >= 4 is 17.6 Å². The summed E-state index contributed by atoms with van der Waals surface area (Å²) in [5.41, 5.74) is 1.94. The second-order valence-corrected chi connectivity index (χ2v) is 10.3. The minimum Gasteiger partial charge on any atom is -0.490 e. The average Bonchev–Trinajstić information content (AvgIpc) is 2.74. The average molecular weight is 451 g/mol.